The van der Waals surface area contributed by atoms with E-state index in [-0.39, 0.29) is 8.61 Å². The summed E-state index contributed by atoms with van der Waals surface area (Å²) in [7, 11) is -10.9. The molecule has 176 valence electrons. The third-order valence-electron chi connectivity index (χ3n) is 2.59. The lowest BCUT2D eigenvalue weighted by Gasteiger charge is -2.36. The molecule has 0 rings (SSSR count). The van der Waals surface area contributed by atoms with E-state index >= 15 is 0 Å². The van der Waals surface area contributed by atoms with Gasteiger partial charge in [0.1, 0.15) is 5.60 Å². The molecular formula is C14H26N2O10S4. The zero-order chi connectivity index (χ0) is 24.2. The Kier molecular flexibility index (Phi) is 9.86. The van der Waals surface area contributed by atoms with Crippen LogP contribution in [0.15, 0.2) is 0 Å². The Balaban J connectivity index is 6.89. The van der Waals surface area contributed by atoms with E-state index in [0.29, 0.717) is 0 Å². The molecule has 0 aliphatic rings. The maximum Gasteiger partial charge on any atom is 0.365 e. The summed E-state index contributed by atoms with van der Waals surface area (Å²) in [5, 5.41) is -2.02. The van der Waals surface area contributed by atoms with Crippen LogP contribution in [0.1, 0.15) is 48.5 Å². The highest BCUT2D eigenvalue weighted by Gasteiger charge is 2.49. The van der Waals surface area contributed by atoms with Crippen molar-refractivity contribution in [2.45, 2.75) is 72.4 Å². The Morgan fingerprint density at radius 1 is 0.833 bits per heavy atom. The van der Waals surface area contributed by atoms with Gasteiger partial charge in [0.15, 0.2) is 0 Å². The monoisotopic (exact) mass is 510 g/mol. The molecule has 0 saturated carbocycles. The molecule has 0 amide bonds. The Bertz CT molecular complexity index is 804. The molecule has 0 aromatic rings. The summed E-state index contributed by atoms with van der Waals surface area (Å²) in [6.45, 7) is 10.0. The third kappa shape index (κ3) is 9.22. The number of hydrogen-bond donors (Lipinski definition) is 2. The minimum Gasteiger partial charge on any atom is -0.467 e. The van der Waals surface area contributed by atoms with Gasteiger partial charge >= 0.3 is 26.6 Å². The minimum atomic E-state index is -5.44. The average Bonchev–Trinajstić information content (AvgIpc) is 2.39. The molecule has 2 N–H and O–H groups in total. The third-order valence-corrected chi connectivity index (χ3v) is 5.13. The van der Waals surface area contributed by atoms with Crippen LogP contribution in [-0.2, 0) is 39.6 Å². The summed E-state index contributed by atoms with van der Waals surface area (Å²) in [6, 6.07) is 0. The molecule has 0 saturated heterocycles. The van der Waals surface area contributed by atoms with Crippen LogP contribution in [0.5, 0.6) is 0 Å². The van der Waals surface area contributed by atoms with Crippen molar-refractivity contribution in [3.05, 3.63) is 0 Å². The maximum atomic E-state index is 12.8. The predicted molar refractivity (Wildman–Crippen MR) is 114 cm³/mol. The molecule has 0 radical (unpaired) electrons. The molecule has 0 heterocycles. The van der Waals surface area contributed by atoms with Crippen LogP contribution in [0, 0.1) is 0 Å². The second-order valence-corrected chi connectivity index (χ2v) is 10.6. The first kappa shape index (κ1) is 28.7. The van der Waals surface area contributed by atoms with Crippen LogP contribution in [0.2, 0.25) is 0 Å². The van der Waals surface area contributed by atoms with Crippen molar-refractivity contribution in [2.75, 3.05) is 0 Å². The van der Waals surface area contributed by atoms with Crippen molar-refractivity contribution in [3.8, 4) is 0 Å². The van der Waals surface area contributed by atoms with E-state index in [1.54, 1.807) is 0 Å². The van der Waals surface area contributed by atoms with Gasteiger partial charge in [-0.05, 0) is 72.9 Å². The van der Waals surface area contributed by atoms with E-state index in [0.717, 1.165) is 0 Å². The summed E-state index contributed by atoms with van der Waals surface area (Å²) >= 11 is 9.65. The van der Waals surface area contributed by atoms with Gasteiger partial charge in [0.05, 0.1) is 12.2 Å². The molecule has 0 fully saturated rings. The molecule has 0 aliphatic carbocycles. The van der Waals surface area contributed by atoms with Crippen LogP contribution in [0.25, 0.3) is 0 Å². The van der Waals surface area contributed by atoms with E-state index in [4.69, 9.17) is 38.6 Å². The van der Waals surface area contributed by atoms with Crippen molar-refractivity contribution in [2.24, 2.45) is 0 Å². The topological polar surface area (TPSA) is 160 Å². The second-order valence-electron chi connectivity index (χ2n) is 7.32. The first-order valence-electron chi connectivity index (χ1n) is 8.36. The second kappa shape index (κ2) is 10.3. The molecule has 0 aromatic carbocycles. The predicted octanol–water partition coefficient (Wildman–Crippen LogP) is 1.28. The molecule has 0 atom stereocenters. The van der Waals surface area contributed by atoms with E-state index in [2.05, 4.69) is 0 Å². The Morgan fingerprint density at radius 3 is 1.33 bits per heavy atom. The maximum absolute atomic E-state index is 12.8. The van der Waals surface area contributed by atoms with Gasteiger partial charge in [0, 0.05) is 0 Å². The van der Waals surface area contributed by atoms with Crippen molar-refractivity contribution >= 4 is 61.4 Å². The van der Waals surface area contributed by atoms with E-state index in [1.165, 1.54) is 48.5 Å². The van der Waals surface area contributed by atoms with Gasteiger partial charge in [-0.25, -0.2) is 4.79 Å². The zero-order valence-electron chi connectivity index (χ0n) is 17.4. The van der Waals surface area contributed by atoms with Gasteiger partial charge in [0.2, 0.25) is 6.17 Å². The number of nitrogens with zero attached hydrogens (tertiary/aromatic N) is 2. The van der Waals surface area contributed by atoms with E-state index in [9.17, 15) is 30.7 Å². The van der Waals surface area contributed by atoms with Gasteiger partial charge in [-0.1, -0.05) is 0 Å². The van der Waals surface area contributed by atoms with Crippen molar-refractivity contribution in [1.29, 1.82) is 0 Å². The lowest BCUT2D eigenvalue weighted by molar-refractivity contribution is -0.162. The fourth-order valence-corrected chi connectivity index (χ4v) is 4.33. The highest BCUT2D eigenvalue weighted by atomic mass is 32.2. The van der Waals surface area contributed by atoms with Gasteiger partial charge in [0.25, 0.3) is 10.3 Å². The highest BCUT2D eigenvalue weighted by molar-refractivity contribution is 7.88. The molecule has 0 spiro atoms. The molecule has 0 bridgehead atoms. The first-order chi connectivity index (χ1) is 13.2. The van der Waals surface area contributed by atoms with Crippen LogP contribution < -0.4 is 0 Å². The average molecular weight is 511 g/mol. The minimum absolute atomic E-state index is 0.264. The highest BCUT2D eigenvalue weighted by Crippen LogP contribution is 2.22. The zero-order valence-corrected chi connectivity index (χ0v) is 20.7. The number of esters is 1. The van der Waals surface area contributed by atoms with Gasteiger partial charge in [-0.3, -0.25) is 9.11 Å². The summed E-state index contributed by atoms with van der Waals surface area (Å²) < 4.78 is 82.3. The lowest BCUT2D eigenvalue weighted by atomic mass is 10.2. The number of hydrogen-bond acceptors (Lipinski definition) is 10. The molecular weight excluding hydrogens is 484 g/mol. The Hall–Kier alpha value is -1.33. The fraction of sp³-hybridized carbons (Fsp3) is 0.786. The Morgan fingerprint density at radius 2 is 1.13 bits per heavy atom. The normalized spacial score (nSPS) is 12.7. The number of ether oxygens (including phenoxy) is 3. The molecule has 16 heteroatoms. The summed E-state index contributed by atoms with van der Waals surface area (Å²) in [5.41, 5.74) is -1.24. The van der Waals surface area contributed by atoms with Gasteiger partial charge in [-0.15, -0.1) is 0 Å². The summed E-state index contributed by atoms with van der Waals surface area (Å²) in [5.74, 6) is -1.55. The van der Waals surface area contributed by atoms with Gasteiger partial charge in [-0.2, -0.15) is 25.4 Å². The summed E-state index contributed by atoms with van der Waals surface area (Å²) in [4.78, 5) is 12.8. The molecule has 0 aliphatic heterocycles. The van der Waals surface area contributed by atoms with Gasteiger partial charge < -0.3 is 14.2 Å². The van der Waals surface area contributed by atoms with E-state index < -0.39 is 60.9 Å². The van der Waals surface area contributed by atoms with Crippen molar-refractivity contribution in [1.82, 2.24) is 8.61 Å². The van der Waals surface area contributed by atoms with Crippen molar-refractivity contribution in [3.63, 3.8) is 0 Å². The standard InChI is InChI=1S/C14H26N2O10S4/c1-8(2)24-12(27)15(29(18,19)20)10(11(17)26-14(5,6)7)16(30(21,22)23)13(28)25-9(3)4/h8-10H,1-7H3,(H,18,19,20)(H,21,22,23). The first-order valence-corrected chi connectivity index (χ1v) is 12.0. The Labute approximate surface area is 187 Å². The van der Waals surface area contributed by atoms with Crippen molar-refractivity contribution < 1.29 is 44.9 Å². The van der Waals surface area contributed by atoms with Crippen LogP contribution in [0.3, 0.4) is 0 Å². The SMILES string of the molecule is CC(C)OC(=S)N(C(C(=O)OC(C)(C)C)N(C(=S)OC(C)C)S(=O)(=O)O)S(=O)(=O)O. The molecule has 30 heavy (non-hydrogen) atoms. The smallest absolute Gasteiger partial charge is 0.365 e. The van der Waals surface area contributed by atoms with Crippen LogP contribution >= 0.6 is 24.4 Å². The summed E-state index contributed by atoms with van der Waals surface area (Å²) in [6.07, 6.45) is -4.12. The number of rotatable bonds is 7. The quantitative estimate of drug-likeness (QED) is 0.219. The van der Waals surface area contributed by atoms with E-state index in [1.807, 2.05) is 0 Å². The molecule has 0 aromatic heterocycles. The largest absolute Gasteiger partial charge is 0.467 e. The van der Waals surface area contributed by atoms with Crippen LogP contribution in [-0.4, -0.2) is 74.8 Å². The fourth-order valence-electron chi connectivity index (χ4n) is 1.79. The molecule has 12 nitrogen and oxygen atoms in total. The number of thiocarbonyl (C=S) groups is 2. The number of carbonyl (C=O) groups is 1. The lowest BCUT2D eigenvalue weighted by Crippen LogP contribution is -2.61. The van der Waals surface area contributed by atoms with Crippen LogP contribution in [0.4, 0.5) is 0 Å². The molecule has 0 unspecified atom stereocenters. The number of carbonyl (C=O) groups excluding carboxylic acids is 1.